The maximum Gasteiger partial charge on any atom is 0.0641 e. The van der Waals surface area contributed by atoms with Gasteiger partial charge in [-0.1, -0.05) is 0 Å². The van der Waals surface area contributed by atoms with Gasteiger partial charge in [-0.3, -0.25) is 0 Å². The fourth-order valence-corrected chi connectivity index (χ4v) is 2.42. The third-order valence-corrected chi connectivity index (χ3v) is 3.37. The molecule has 0 aliphatic heterocycles. The van der Waals surface area contributed by atoms with Crippen LogP contribution in [-0.4, -0.2) is 39.5 Å². The van der Waals surface area contributed by atoms with E-state index in [4.69, 9.17) is 15.2 Å². The summed E-state index contributed by atoms with van der Waals surface area (Å²) in [6.45, 7) is 8.57. The summed E-state index contributed by atoms with van der Waals surface area (Å²) in [5.41, 5.74) is 7.65. The fraction of sp³-hybridized carbons (Fsp3) is 0.571. The van der Waals surface area contributed by atoms with Crippen LogP contribution < -0.4 is 10.6 Å². The van der Waals surface area contributed by atoms with Gasteiger partial charge in [0, 0.05) is 36.5 Å². The Labute approximate surface area is 124 Å². The molecule has 108 valence electrons. The molecule has 1 aromatic carbocycles. The maximum atomic E-state index is 5.77. The summed E-state index contributed by atoms with van der Waals surface area (Å²) >= 11 is 3.56. The van der Waals surface area contributed by atoms with Crippen LogP contribution in [0.1, 0.15) is 13.8 Å². The average Bonchev–Trinajstić information content (AvgIpc) is 2.38. The highest BCUT2D eigenvalue weighted by molar-refractivity contribution is 9.10. The second-order valence-corrected chi connectivity index (χ2v) is 4.95. The van der Waals surface area contributed by atoms with E-state index in [-0.39, 0.29) is 0 Å². The van der Waals surface area contributed by atoms with Crippen molar-refractivity contribution in [3.63, 3.8) is 0 Å². The van der Waals surface area contributed by atoms with Gasteiger partial charge in [-0.15, -0.1) is 0 Å². The van der Waals surface area contributed by atoms with E-state index in [0.29, 0.717) is 13.2 Å². The zero-order valence-electron chi connectivity index (χ0n) is 11.7. The Morgan fingerprint density at radius 3 is 2.16 bits per heavy atom. The monoisotopic (exact) mass is 330 g/mol. The Morgan fingerprint density at radius 2 is 1.68 bits per heavy atom. The molecular formula is C14H23BrN2O2. The Balaban J connectivity index is 2.69. The molecule has 0 saturated heterocycles. The molecule has 0 bridgehead atoms. The average molecular weight is 331 g/mol. The molecule has 4 nitrogen and oxygen atoms in total. The van der Waals surface area contributed by atoms with Gasteiger partial charge in [-0.2, -0.15) is 0 Å². The molecule has 0 amide bonds. The maximum absolute atomic E-state index is 5.77. The summed E-state index contributed by atoms with van der Waals surface area (Å²) in [6.07, 6.45) is 0. The largest absolute Gasteiger partial charge is 0.399 e. The number of nitrogens with two attached hydrogens (primary N) is 1. The first-order valence-electron chi connectivity index (χ1n) is 6.64. The lowest BCUT2D eigenvalue weighted by atomic mass is 10.2. The molecule has 0 spiro atoms. The van der Waals surface area contributed by atoms with Crippen LogP contribution in [0.25, 0.3) is 0 Å². The number of ether oxygens (including phenoxy) is 2. The first kappa shape index (κ1) is 16.3. The van der Waals surface area contributed by atoms with E-state index in [1.165, 1.54) is 0 Å². The van der Waals surface area contributed by atoms with Crippen molar-refractivity contribution in [2.24, 2.45) is 0 Å². The Kier molecular flexibility index (Phi) is 7.86. The van der Waals surface area contributed by atoms with Gasteiger partial charge in [-0.25, -0.2) is 0 Å². The first-order chi connectivity index (χ1) is 9.19. The number of rotatable bonds is 9. The van der Waals surface area contributed by atoms with Crippen molar-refractivity contribution in [3.8, 4) is 0 Å². The second kappa shape index (κ2) is 9.18. The van der Waals surface area contributed by atoms with Gasteiger partial charge in [0.15, 0.2) is 0 Å². The van der Waals surface area contributed by atoms with E-state index in [1.54, 1.807) is 0 Å². The van der Waals surface area contributed by atoms with Gasteiger partial charge in [-0.05, 0) is 48.0 Å². The number of halogens is 1. The molecular weight excluding hydrogens is 308 g/mol. The molecule has 1 aromatic rings. The van der Waals surface area contributed by atoms with Crippen LogP contribution in [0.5, 0.6) is 0 Å². The minimum Gasteiger partial charge on any atom is -0.399 e. The lowest BCUT2D eigenvalue weighted by molar-refractivity contribution is 0.141. The van der Waals surface area contributed by atoms with Crippen molar-refractivity contribution in [3.05, 3.63) is 22.7 Å². The van der Waals surface area contributed by atoms with Crippen molar-refractivity contribution < 1.29 is 9.47 Å². The van der Waals surface area contributed by atoms with Gasteiger partial charge in [0.25, 0.3) is 0 Å². The fourth-order valence-electron chi connectivity index (χ4n) is 1.77. The topological polar surface area (TPSA) is 47.7 Å². The Hall–Kier alpha value is -0.780. The van der Waals surface area contributed by atoms with E-state index in [2.05, 4.69) is 20.8 Å². The van der Waals surface area contributed by atoms with Crippen LogP contribution in [0.15, 0.2) is 22.7 Å². The van der Waals surface area contributed by atoms with E-state index in [9.17, 15) is 0 Å². The molecule has 0 radical (unpaired) electrons. The third kappa shape index (κ3) is 5.80. The number of hydrogen-bond donors (Lipinski definition) is 1. The molecule has 0 saturated carbocycles. The van der Waals surface area contributed by atoms with E-state index < -0.39 is 0 Å². The van der Waals surface area contributed by atoms with Crippen LogP contribution in [0.2, 0.25) is 0 Å². The molecule has 0 atom stereocenters. The predicted octanol–water partition coefficient (Wildman–Crippen LogP) is 2.91. The smallest absolute Gasteiger partial charge is 0.0641 e. The van der Waals surface area contributed by atoms with Gasteiger partial charge >= 0.3 is 0 Å². The van der Waals surface area contributed by atoms with Crippen LogP contribution in [0, 0.1) is 0 Å². The summed E-state index contributed by atoms with van der Waals surface area (Å²) in [5, 5.41) is 0. The minimum absolute atomic E-state index is 0.708. The number of anilines is 2. The summed E-state index contributed by atoms with van der Waals surface area (Å²) in [4.78, 5) is 2.24. The van der Waals surface area contributed by atoms with Crippen molar-refractivity contribution in [1.82, 2.24) is 0 Å². The lowest BCUT2D eigenvalue weighted by Crippen LogP contribution is -2.31. The molecule has 5 heteroatoms. The van der Waals surface area contributed by atoms with Crippen LogP contribution in [0.3, 0.4) is 0 Å². The quantitative estimate of drug-likeness (QED) is 0.558. The van der Waals surface area contributed by atoms with E-state index in [1.807, 2.05) is 32.0 Å². The Bertz CT molecular complexity index is 364. The van der Waals surface area contributed by atoms with Crippen molar-refractivity contribution in [2.45, 2.75) is 13.8 Å². The molecule has 0 heterocycles. The van der Waals surface area contributed by atoms with Crippen molar-refractivity contribution in [1.29, 1.82) is 0 Å². The SMILES string of the molecule is CCOCCN(CCOCC)c1ccc(N)cc1Br. The number of benzene rings is 1. The molecule has 2 N–H and O–H groups in total. The number of hydrogen-bond acceptors (Lipinski definition) is 4. The minimum atomic E-state index is 0.708. The van der Waals surface area contributed by atoms with Crippen LogP contribution in [-0.2, 0) is 9.47 Å². The van der Waals surface area contributed by atoms with Gasteiger partial charge < -0.3 is 20.1 Å². The van der Waals surface area contributed by atoms with Gasteiger partial charge in [0.1, 0.15) is 0 Å². The highest BCUT2D eigenvalue weighted by Gasteiger charge is 2.10. The summed E-state index contributed by atoms with van der Waals surface area (Å²) in [5.74, 6) is 0. The molecule has 1 rings (SSSR count). The molecule has 19 heavy (non-hydrogen) atoms. The summed E-state index contributed by atoms with van der Waals surface area (Å²) in [6, 6.07) is 5.86. The van der Waals surface area contributed by atoms with Crippen molar-refractivity contribution >= 4 is 27.3 Å². The lowest BCUT2D eigenvalue weighted by Gasteiger charge is -2.26. The molecule has 0 aliphatic rings. The predicted molar refractivity (Wildman–Crippen MR) is 83.8 cm³/mol. The molecule has 0 aliphatic carbocycles. The first-order valence-corrected chi connectivity index (χ1v) is 7.43. The third-order valence-electron chi connectivity index (χ3n) is 2.73. The molecule has 0 fully saturated rings. The van der Waals surface area contributed by atoms with Crippen LogP contribution in [0.4, 0.5) is 11.4 Å². The van der Waals surface area contributed by atoms with E-state index in [0.717, 1.165) is 42.2 Å². The molecule has 0 unspecified atom stereocenters. The normalized spacial score (nSPS) is 10.7. The summed E-state index contributed by atoms with van der Waals surface area (Å²) < 4.78 is 11.9. The molecule has 0 aromatic heterocycles. The highest BCUT2D eigenvalue weighted by Crippen LogP contribution is 2.28. The standard InChI is InChI=1S/C14H23BrN2O2/c1-3-18-9-7-17(8-10-19-4-2)14-6-5-12(16)11-13(14)15/h5-6,11H,3-4,7-10,16H2,1-2H3. The van der Waals surface area contributed by atoms with Gasteiger partial charge in [0.2, 0.25) is 0 Å². The zero-order chi connectivity index (χ0) is 14.1. The van der Waals surface area contributed by atoms with Gasteiger partial charge in [0.05, 0.1) is 18.9 Å². The zero-order valence-corrected chi connectivity index (χ0v) is 13.3. The highest BCUT2D eigenvalue weighted by atomic mass is 79.9. The Morgan fingerprint density at radius 1 is 1.11 bits per heavy atom. The number of nitrogens with zero attached hydrogens (tertiary/aromatic N) is 1. The van der Waals surface area contributed by atoms with E-state index >= 15 is 0 Å². The summed E-state index contributed by atoms with van der Waals surface area (Å²) in [7, 11) is 0. The van der Waals surface area contributed by atoms with Crippen molar-refractivity contribution in [2.75, 3.05) is 50.2 Å². The second-order valence-electron chi connectivity index (χ2n) is 4.09. The number of nitrogen functional groups attached to an aromatic ring is 1. The van der Waals surface area contributed by atoms with Crippen LogP contribution >= 0.6 is 15.9 Å².